The highest BCUT2D eigenvalue weighted by Gasteiger charge is 2.18. The van der Waals surface area contributed by atoms with Gasteiger partial charge in [-0.1, -0.05) is 54.6 Å². The molecule has 3 rings (SSSR count). The van der Waals surface area contributed by atoms with Gasteiger partial charge in [-0.3, -0.25) is 4.99 Å². The second-order valence-electron chi connectivity index (χ2n) is 5.33. The maximum atomic E-state index is 4.43. The third kappa shape index (κ3) is 4.00. The third-order valence-corrected chi connectivity index (χ3v) is 3.94. The molecule has 0 fully saturated rings. The normalized spacial score (nSPS) is 14.0. The molecule has 0 aromatic heterocycles. The van der Waals surface area contributed by atoms with E-state index in [4.69, 9.17) is 0 Å². The molecule has 4 heteroatoms. The molecule has 1 heterocycles. The molecule has 2 aromatic carbocycles. The van der Waals surface area contributed by atoms with Crippen LogP contribution in [-0.2, 0) is 19.5 Å². The van der Waals surface area contributed by atoms with Crippen LogP contribution in [0.1, 0.15) is 16.7 Å². The number of halogens is 1. The third-order valence-electron chi connectivity index (χ3n) is 3.94. The van der Waals surface area contributed by atoms with Crippen molar-refractivity contribution in [2.24, 2.45) is 4.99 Å². The van der Waals surface area contributed by atoms with E-state index in [0.29, 0.717) is 0 Å². The zero-order chi connectivity index (χ0) is 14.5. The molecule has 1 N–H and O–H groups in total. The van der Waals surface area contributed by atoms with Gasteiger partial charge in [-0.05, 0) is 23.1 Å². The number of benzene rings is 2. The molecular weight excluding hydrogens is 385 g/mol. The first-order valence-corrected chi connectivity index (χ1v) is 7.43. The highest BCUT2D eigenvalue weighted by Crippen LogP contribution is 2.18. The summed E-state index contributed by atoms with van der Waals surface area (Å²) in [7, 11) is 1.85. The van der Waals surface area contributed by atoms with Gasteiger partial charge in [0.15, 0.2) is 5.96 Å². The lowest BCUT2D eigenvalue weighted by molar-refractivity contribution is 0.378. The first-order chi connectivity index (χ1) is 10.4. The van der Waals surface area contributed by atoms with Crippen LogP contribution >= 0.6 is 24.0 Å². The summed E-state index contributed by atoms with van der Waals surface area (Å²) >= 11 is 0. The Morgan fingerprint density at radius 2 is 1.73 bits per heavy atom. The van der Waals surface area contributed by atoms with Gasteiger partial charge < -0.3 is 10.2 Å². The van der Waals surface area contributed by atoms with Gasteiger partial charge in [-0.15, -0.1) is 24.0 Å². The van der Waals surface area contributed by atoms with Crippen molar-refractivity contribution < 1.29 is 0 Å². The van der Waals surface area contributed by atoms with Crippen LogP contribution in [0.25, 0.3) is 0 Å². The number of hydrogen-bond donors (Lipinski definition) is 1. The number of rotatable bonds is 2. The highest BCUT2D eigenvalue weighted by atomic mass is 127. The van der Waals surface area contributed by atoms with Crippen LogP contribution in [0.4, 0.5) is 0 Å². The number of fused-ring (bicyclic) bond motifs is 1. The van der Waals surface area contributed by atoms with Crippen LogP contribution in [0.3, 0.4) is 0 Å². The van der Waals surface area contributed by atoms with E-state index in [1.165, 1.54) is 16.7 Å². The van der Waals surface area contributed by atoms with Gasteiger partial charge in [0.1, 0.15) is 0 Å². The molecule has 22 heavy (non-hydrogen) atoms. The van der Waals surface area contributed by atoms with Crippen LogP contribution < -0.4 is 5.32 Å². The molecule has 0 unspecified atom stereocenters. The Morgan fingerprint density at radius 1 is 1.05 bits per heavy atom. The predicted octanol–water partition coefficient (Wildman–Crippen LogP) is 3.44. The predicted molar refractivity (Wildman–Crippen MR) is 103 cm³/mol. The Balaban J connectivity index is 0.00000176. The summed E-state index contributed by atoms with van der Waals surface area (Å²) in [5.74, 6) is 0.980. The molecule has 0 saturated carbocycles. The van der Waals surface area contributed by atoms with E-state index in [1.54, 1.807) is 0 Å². The Bertz CT molecular complexity index is 625. The van der Waals surface area contributed by atoms with Crippen LogP contribution in [-0.4, -0.2) is 24.5 Å². The van der Waals surface area contributed by atoms with E-state index in [9.17, 15) is 0 Å². The standard InChI is InChI=1S/C18H21N3.HI/c1-19-18(20-13-15-7-3-2-4-8-15)21-12-11-16-9-5-6-10-17(16)14-21;/h2-10H,11-14H2,1H3,(H,19,20);1H. The average Bonchev–Trinajstić information content (AvgIpc) is 2.56. The van der Waals surface area contributed by atoms with Gasteiger partial charge in [0.25, 0.3) is 0 Å². The lowest BCUT2D eigenvalue weighted by atomic mass is 10.0. The second kappa shape index (κ2) is 8.17. The molecule has 116 valence electrons. The van der Waals surface area contributed by atoms with Gasteiger partial charge in [-0.25, -0.2) is 0 Å². The summed E-state index contributed by atoms with van der Waals surface area (Å²) in [6, 6.07) is 19.1. The van der Waals surface area contributed by atoms with Gasteiger partial charge in [0.2, 0.25) is 0 Å². The minimum Gasteiger partial charge on any atom is -0.352 e. The number of aliphatic imine (C=N–C) groups is 1. The molecule has 0 saturated heterocycles. The summed E-state index contributed by atoms with van der Waals surface area (Å²) < 4.78 is 0. The van der Waals surface area contributed by atoms with Crippen LogP contribution in [0.2, 0.25) is 0 Å². The van der Waals surface area contributed by atoms with Crippen LogP contribution in [0, 0.1) is 0 Å². The van der Waals surface area contributed by atoms with Gasteiger partial charge >= 0.3 is 0 Å². The van der Waals surface area contributed by atoms with Crippen molar-refractivity contribution >= 4 is 29.9 Å². The van der Waals surface area contributed by atoms with Crippen molar-refractivity contribution in [1.29, 1.82) is 0 Å². The Kier molecular flexibility index (Phi) is 6.24. The number of guanidine groups is 1. The zero-order valence-corrected chi connectivity index (χ0v) is 15.2. The molecule has 0 radical (unpaired) electrons. The fourth-order valence-corrected chi connectivity index (χ4v) is 2.79. The van der Waals surface area contributed by atoms with Gasteiger partial charge in [-0.2, -0.15) is 0 Å². The molecule has 0 atom stereocenters. The van der Waals surface area contributed by atoms with Gasteiger partial charge in [0, 0.05) is 26.7 Å². The fraction of sp³-hybridized carbons (Fsp3) is 0.278. The topological polar surface area (TPSA) is 27.6 Å². The van der Waals surface area contributed by atoms with E-state index in [-0.39, 0.29) is 24.0 Å². The number of hydrogen-bond acceptors (Lipinski definition) is 1. The van der Waals surface area contributed by atoms with Crippen molar-refractivity contribution in [2.45, 2.75) is 19.5 Å². The van der Waals surface area contributed by atoms with Crippen molar-refractivity contribution in [2.75, 3.05) is 13.6 Å². The van der Waals surface area contributed by atoms with Crippen molar-refractivity contribution in [3.8, 4) is 0 Å². The minimum atomic E-state index is 0. The van der Waals surface area contributed by atoms with Crippen LogP contribution in [0.15, 0.2) is 59.6 Å². The highest BCUT2D eigenvalue weighted by molar-refractivity contribution is 14.0. The molecule has 0 spiro atoms. The van der Waals surface area contributed by atoms with Crippen molar-refractivity contribution in [3.05, 3.63) is 71.3 Å². The first kappa shape index (κ1) is 16.8. The molecule has 1 aliphatic heterocycles. The first-order valence-electron chi connectivity index (χ1n) is 7.43. The molecule has 3 nitrogen and oxygen atoms in total. The molecule has 0 bridgehead atoms. The van der Waals surface area contributed by atoms with Gasteiger partial charge in [0.05, 0.1) is 0 Å². The maximum absolute atomic E-state index is 4.43. The number of nitrogens with zero attached hydrogens (tertiary/aromatic N) is 2. The Labute approximate surface area is 149 Å². The maximum Gasteiger partial charge on any atom is 0.194 e. The summed E-state index contributed by atoms with van der Waals surface area (Å²) in [4.78, 5) is 6.76. The monoisotopic (exact) mass is 407 g/mol. The number of nitrogens with one attached hydrogen (secondary N) is 1. The lowest BCUT2D eigenvalue weighted by Crippen LogP contribution is -2.43. The Morgan fingerprint density at radius 3 is 2.45 bits per heavy atom. The summed E-state index contributed by atoms with van der Waals surface area (Å²) in [6.45, 7) is 2.77. The molecule has 1 aliphatic rings. The van der Waals surface area contributed by atoms with Crippen molar-refractivity contribution in [3.63, 3.8) is 0 Å². The van der Waals surface area contributed by atoms with Crippen LogP contribution in [0.5, 0.6) is 0 Å². The minimum absolute atomic E-state index is 0. The Hall–Kier alpha value is -1.56. The molecular formula is C18H22IN3. The summed E-state index contributed by atoms with van der Waals surface area (Å²) in [6.07, 6.45) is 1.09. The molecule has 0 amide bonds. The van der Waals surface area contributed by atoms with E-state index in [1.807, 2.05) is 13.1 Å². The van der Waals surface area contributed by atoms with Crippen molar-refractivity contribution in [1.82, 2.24) is 10.2 Å². The van der Waals surface area contributed by atoms with E-state index in [2.05, 4.69) is 63.7 Å². The molecule has 2 aromatic rings. The van der Waals surface area contributed by atoms with E-state index in [0.717, 1.165) is 32.0 Å². The lowest BCUT2D eigenvalue weighted by Gasteiger charge is -2.31. The summed E-state index contributed by atoms with van der Waals surface area (Å²) in [5.41, 5.74) is 4.15. The molecule has 0 aliphatic carbocycles. The zero-order valence-electron chi connectivity index (χ0n) is 12.8. The quantitative estimate of drug-likeness (QED) is 0.469. The van der Waals surface area contributed by atoms with E-state index >= 15 is 0 Å². The largest absolute Gasteiger partial charge is 0.352 e. The fourth-order valence-electron chi connectivity index (χ4n) is 2.79. The van der Waals surface area contributed by atoms with E-state index < -0.39 is 0 Å². The average molecular weight is 407 g/mol. The smallest absolute Gasteiger partial charge is 0.194 e. The SMILES string of the molecule is CN=C(NCc1ccccc1)N1CCc2ccccc2C1.I. The summed E-state index contributed by atoms with van der Waals surface area (Å²) in [5, 5.41) is 3.46. The second-order valence-corrected chi connectivity index (χ2v) is 5.33.